The first-order valence-electron chi connectivity index (χ1n) is 14.0. The maximum Gasteiger partial charge on any atom is 0.408 e. The van der Waals surface area contributed by atoms with Gasteiger partial charge in [0, 0.05) is 20.2 Å². The Balaban J connectivity index is 1.64. The number of allylic oxidation sites excluding steroid dienone is 1. The van der Waals surface area contributed by atoms with Crippen molar-refractivity contribution in [3.8, 4) is 0 Å². The van der Waals surface area contributed by atoms with Crippen molar-refractivity contribution in [1.29, 1.82) is 0 Å². The van der Waals surface area contributed by atoms with Crippen LogP contribution in [0, 0.1) is 17.3 Å². The van der Waals surface area contributed by atoms with Gasteiger partial charge in [-0.05, 0) is 65.5 Å². The standard InChI is InChI=1S/C29H51N3O6/c1-18(2)11-12-21-28(7,38-21)24-23(35-10)20(13-14-29(24)17-36-29)37-26(34)31-22(19(3)4)25(33)30-15-27(5,6)16-32(8)9/h11,19-24H,12-17H2,1-10H3,(H,30,33)(H,31,34)/t20-,21-,22-,23?,24-,28+,29+/m1/s1. The Morgan fingerprint density at radius 2 is 1.89 bits per heavy atom. The summed E-state index contributed by atoms with van der Waals surface area (Å²) in [6, 6.07) is -0.700. The summed E-state index contributed by atoms with van der Waals surface area (Å²) in [5.41, 5.74) is 0.469. The molecule has 2 N–H and O–H groups in total. The molecule has 1 saturated carbocycles. The Hall–Kier alpha value is -1.68. The largest absolute Gasteiger partial charge is 0.443 e. The van der Waals surface area contributed by atoms with E-state index in [4.69, 9.17) is 18.9 Å². The lowest BCUT2D eigenvalue weighted by Crippen LogP contribution is -2.57. The molecule has 3 aliphatic rings. The van der Waals surface area contributed by atoms with Gasteiger partial charge in [-0.2, -0.15) is 0 Å². The van der Waals surface area contributed by atoms with Crippen LogP contribution in [-0.4, -0.2) is 93.4 Å². The molecule has 2 heterocycles. The van der Waals surface area contributed by atoms with Crippen molar-refractivity contribution >= 4 is 12.0 Å². The summed E-state index contributed by atoms with van der Waals surface area (Å²) in [6.07, 6.45) is 3.10. The van der Waals surface area contributed by atoms with E-state index >= 15 is 0 Å². The van der Waals surface area contributed by atoms with E-state index in [2.05, 4.69) is 56.2 Å². The van der Waals surface area contributed by atoms with Crippen molar-refractivity contribution in [1.82, 2.24) is 15.5 Å². The van der Waals surface area contributed by atoms with Crippen molar-refractivity contribution in [2.24, 2.45) is 17.3 Å². The second kappa shape index (κ2) is 11.8. The Kier molecular flexibility index (Phi) is 9.60. The molecule has 0 aromatic rings. The number of epoxide rings is 2. The highest BCUT2D eigenvalue weighted by Gasteiger charge is 2.72. The Labute approximate surface area is 229 Å². The highest BCUT2D eigenvalue weighted by molar-refractivity contribution is 5.85. The molecule has 38 heavy (non-hydrogen) atoms. The van der Waals surface area contributed by atoms with Crippen molar-refractivity contribution in [2.45, 2.75) is 103 Å². The number of carbonyl (C=O) groups is 2. The van der Waals surface area contributed by atoms with Crippen LogP contribution < -0.4 is 10.6 Å². The zero-order chi connectivity index (χ0) is 28.5. The van der Waals surface area contributed by atoms with Gasteiger partial charge in [0.25, 0.3) is 0 Å². The van der Waals surface area contributed by atoms with Crippen LogP contribution in [-0.2, 0) is 23.7 Å². The van der Waals surface area contributed by atoms with E-state index in [9.17, 15) is 9.59 Å². The molecule has 218 valence electrons. The lowest BCUT2D eigenvalue weighted by molar-refractivity contribution is -0.126. The second-order valence-electron chi connectivity index (χ2n) is 13.3. The summed E-state index contributed by atoms with van der Waals surface area (Å²) in [5, 5.41) is 5.84. The summed E-state index contributed by atoms with van der Waals surface area (Å²) >= 11 is 0. The van der Waals surface area contributed by atoms with Gasteiger partial charge < -0.3 is 34.5 Å². The predicted molar refractivity (Wildman–Crippen MR) is 147 cm³/mol. The summed E-state index contributed by atoms with van der Waals surface area (Å²) in [6.45, 7) is 16.3. The minimum atomic E-state index is -0.700. The van der Waals surface area contributed by atoms with Crippen LogP contribution in [0.4, 0.5) is 4.79 Å². The molecule has 2 aliphatic heterocycles. The third kappa shape index (κ3) is 7.29. The van der Waals surface area contributed by atoms with Crippen LogP contribution >= 0.6 is 0 Å². The fourth-order valence-electron chi connectivity index (χ4n) is 6.25. The van der Waals surface area contributed by atoms with Gasteiger partial charge in [0.1, 0.15) is 29.5 Å². The van der Waals surface area contributed by atoms with Gasteiger partial charge in [0.15, 0.2) is 0 Å². The van der Waals surface area contributed by atoms with Crippen molar-refractivity contribution in [3.63, 3.8) is 0 Å². The smallest absolute Gasteiger partial charge is 0.408 e. The van der Waals surface area contributed by atoms with Crippen molar-refractivity contribution in [3.05, 3.63) is 11.6 Å². The fraction of sp³-hybridized carbons (Fsp3) is 0.862. The van der Waals surface area contributed by atoms with Gasteiger partial charge in [0.2, 0.25) is 5.91 Å². The summed E-state index contributed by atoms with van der Waals surface area (Å²) in [7, 11) is 5.68. The van der Waals surface area contributed by atoms with E-state index in [0.29, 0.717) is 19.6 Å². The lowest BCUT2D eigenvalue weighted by atomic mass is 9.68. The SMILES string of the molecule is COC1[C@H](OC(=O)N[C@@H](C(=O)NCC(C)(C)CN(C)C)C(C)C)CC[C@]2(CO2)[C@H]1[C@@]1(C)O[C@@H]1CC=C(C)C. The number of hydrogen-bond donors (Lipinski definition) is 2. The number of carbonyl (C=O) groups excluding carboxylic acids is 2. The summed E-state index contributed by atoms with van der Waals surface area (Å²) in [4.78, 5) is 28.2. The number of hydrogen-bond acceptors (Lipinski definition) is 7. The summed E-state index contributed by atoms with van der Waals surface area (Å²) in [5.74, 6) is -0.361. The highest BCUT2D eigenvalue weighted by atomic mass is 16.6. The van der Waals surface area contributed by atoms with E-state index in [0.717, 1.165) is 19.4 Å². The van der Waals surface area contributed by atoms with Gasteiger partial charge in [0.05, 0.1) is 18.6 Å². The van der Waals surface area contributed by atoms with Crippen LogP contribution in [0.25, 0.3) is 0 Å². The van der Waals surface area contributed by atoms with E-state index in [-0.39, 0.29) is 41.0 Å². The Morgan fingerprint density at radius 1 is 1.24 bits per heavy atom. The van der Waals surface area contributed by atoms with E-state index in [1.54, 1.807) is 7.11 Å². The summed E-state index contributed by atoms with van der Waals surface area (Å²) < 4.78 is 24.2. The quantitative estimate of drug-likeness (QED) is 0.290. The molecule has 7 atom stereocenters. The number of methoxy groups -OCH3 is 1. The molecule has 9 nitrogen and oxygen atoms in total. The molecule has 9 heteroatoms. The zero-order valence-corrected chi connectivity index (χ0v) is 25.2. The molecule has 0 aromatic heterocycles. The number of nitrogens with zero attached hydrogens (tertiary/aromatic N) is 1. The zero-order valence-electron chi connectivity index (χ0n) is 25.2. The van der Waals surface area contributed by atoms with Crippen LogP contribution in [0.15, 0.2) is 11.6 Å². The van der Waals surface area contributed by atoms with Gasteiger partial charge in [-0.15, -0.1) is 0 Å². The first-order chi connectivity index (χ1) is 17.6. The molecular weight excluding hydrogens is 486 g/mol. The molecule has 3 fully saturated rings. The highest BCUT2D eigenvalue weighted by Crippen LogP contribution is 2.59. The number of rotatable bonds is 12. The number of ether oxygens (including phenoxy) is 4. The van der Waals surface area contributed by atoms with Crippen LogP contribution in [0.1, 0.15) is 67.7 Å². The van der Waals surface area contributed by atoms with Crippen molar-refractivity contribution < 1.29 is 28.5 Å². The number of alkyl carbamates (subject to hydrolysis) is 1. The van der Waals surface area contributed by atoms with E-state index in [1.807, 2.05) is 27.9 Å². The Morgan fingerprint density at radius 3 is 2.42 bits per heavy atom. The molecule has 0 bridgehead atoms. The molecule has 1 unspecified atom stereocenters. The second-order valence-corrected chi connectivity index (χ2v) is 13.3. The molecule has 1 spiro atoms. The van der Waals surface area contributed by atoms with Crippen LogP contribution in [0.5, 0.6) is 0 Å². The van der Waals surface area contributed by atoms with Gasteiger partial charge >= 0.3 is 6.09 Å². The topological polar surface area (TPSA) is 105 Å². The van der Waals surface area contributed by atoms with Crippen LogP contribution in [0.2, 0.25) is 0 Å². The molecular formula is C29H51N3O6. The minimum absolute atomic E-state index is 0.0507. The monoisotopic (exact) mass is 537 g/mol. The van der Waals surface area contributed by atoms with Gasteiger partial charge in [-0.25, -0.2) is 4.79 Å². The number of nitrogens with one attached hydrogen (secondary N) is 2. The fourth-order valence-corrected chi connectivity index (χ4v) is 6.25. The molecule has 3 rings (SSSR count). The van der Waals surface area contributed by atoms with Gasteiger partial charge in [-0.3, -0.25) is 4.79 Å². The molecule has 1 aliphatic carbocycles. The first-order valence-corrected chi connectivity index (χ1v) is 14.0. The minimum Gasteiger partial charge on any atom is -0.443 e. The third-order valence-electron chi connectivity index (χ3n) is 8.20. The lowest BCUT2D eigenvalue weighted by Gasteiger charge is -2.42. The normalized spacial score (nSPS) is 33.2. The van der Waals surface area contributed by atoms with E-state index < -0.39 is 23.8 Å². The molecule has 2 amide bonds. The van der Waals surface area contributed by atoms with Crippen LogP contribution in [0.3, 0.4) is 0 Å². The average molecular weight is 538 g/mol. The maximum atomic E-state index is 13.1. The van der Waals surface area contributed by atoms with Gasteiger partial charge in [-0.1, -0.05) is 39.3 Å². The maximum absolute atomic E-state index is 13.1. The van der Waals surface area contributed by atoms with E-state index in [1.165, 1.54) is 5.57 Å². The molecule has 2 saturated heterocycles. The number of amides is 2. The average Bonchev–Trinajstić information content (AvgIpc) is 3.71. The Bertz CT molecular complexity index is 880. The molecule has 0 aromatic carbocycles. The predicted octanol–water partition coefficient (Wildman–Crippen LogP) is 3.52. The third-order valence-corrected chi connectivity index (χ3v) is 8.20. The molecule has 0 radical (unpaired) electrons. The first kappa shape index (κ1) is 30.9. The van der Waals surface area contributed by atoms with Crippen molar-refractivity contribution in [2.75, 3.05) is 40.9 Å².